The summed E-state index contributed by atoms with van der Waals surface area (Å²) in [5.74, 6) is -0.0607. The van der Waals surface area contributed by atoms with Gasteiger partial charge in [-0.05, 0) is 116 Å². The highest BCUT2D eigenvalue weighted by Crippen LogP contribution is 2.55. The Hall–Kier alpha value is -2.89. The number of fused-ring (bicyclic) bond motifs is 3. The SMILES string of the molecule is CN(C)C1(c2cccc(F)c2)CCC2(CC1)C1=C(CCN2C(=O)c2ccc(C(C)(C)C)cc2)c2ccccc2C1.S. The maximum atomic E-state index is 14.4. The molecule has 1 saturated carbocycles. The number of benzene rings is 3. The Bertz CT molecular complexity index is 1480. The molecule has 3 aromatic rings. The molecule has 216 valence electrons. The highest BCUT2D eigenvalue weighted by atomic mass is 32.1. The summed E-state index contributed by atoms with van der Waals surface area (Å²) >= 11 is 0. The van der Waals surface area contributed by atoms with Crippen molar-refractivity contribution in [1.29, 1.82) is 0 Å². The van der Waals surface area contributed by atoms with Crippen molar-refractivity contribution in [2.75, 3.05) is 20.6 Å². The summed E-state index contributed by atoms with van der Waals surface area (Å²) in [7, 11) is 4.22. The van der Waals surface area contributed by atoms with Crippen LogP contribution in [0, 0.1) is 5.82 Å². The maximum Gasteiger partial charge on any atom is 0.254 e. The molecule has 3 aliphatic rings. The van der Waals surface area contributed by atoms with Gasteiger partial charge in [0.2, 0.25) is 0 Å². The third kappa shape index (κ3) is 4.85. The van der Waals surface area contributed by atoms with Crippen molar-refractivity contribution in [1.82, 2.24) is 9.80 Å². The van der Waals surface area contributed by atoms with Crippen LogP contribution in [0.1, 0.15) is 85.5 Å². The standard InChI is InChI=1S/C36H41FN2O.H2S/c1-34(2,3)27-15-13-25(14-16-27)33(40)39-22-17-31-30-12-7-6-9-26(30)23-32(31)36(39)20-18-35(19-21-36,38(4)5)28-10-8-11-29(37)24-28;/h6-16,24H,17-23H2,1-5H3;1H2. The van der Waals surface area contributed by atoms with E-state index in [1.807, 2.05) is 18.2 Å². The van der Waals surface area contributed by atoms with Crippen LogP contribution in [0.3, 0.4) is 0 Å². The van der Waals surface area contributed by atoms with Crippen LogP contribution in [0.4, 0.5) is 4.39 Å². The third-order valence-electron chi connectivity index (χ3n) is 10.1. The van der Waals surface area contributed by atoms with Crippen LogP contribution in [0.25, 0.3) is 5.57 Å². The first-order valence-electron chi connectivity index (χ1n) is 14.7. The van der Waals surface area contributed by atoms with Crippen LogP contribution in [-0.4, -0.2) is 41.9 Å². The molecular weight excluding hydrogens is 527 g/mol. The molecule has 3 aromatic carbocycles. The molecule has 0 atom stereocenters. The van der Waals surface area contributed by atoms with Gasteiger partial charge in [-0.1, -0.05) is 69.3 Å². The zero-order valence-electron chi connectivity index (χ0n) is 25.1. The summed E-state index contributed by atoms with van der Waals surface area (Å²) in [5.41, 5.74) is 8.11. The summed E-state index contributed by atoms with van der Waals surface area (Å²) in [4.78, 5) is 18.8. The average Bonchev–Trinajstić information content (AvgIpc) is 3.33. The molecule has 0 N–H and O–H groups in total. The second-order valence-electron chi connectivity index (χ2n) is 13.3. The van der Waals surface area contributed by atoms with Gasteiger partial charge < -0.3 is 4.90 Å². The molecule has 1 heterocycles. The van der Waals surface area contributed by atoms with Crippen LogP contribution in [-0.2, 0) is 17.4 Å². The van der Waals surface area contributed by atoms with E-state index in [1.165, 1.54) is 33.9 Å². The van der Waals surface area contributed by atoms with Gasteiger partial charge in [0.15, 0.2) is 0 Å². The topological polar surface area (TPSA) is 23.6 Å². The minimum absolute atomic E-state index is 0. The van der Waals surface area contributed by atoms with Crippen molar-refractivity contribution >= 4 is 25.0 Å². The molecule has 6 rings (SSSR count). The number of carbonyl (C=O) groups is 1. The average molecular weight is 571 g/mol. The molecule has 0 saturated heterocycles. The Kier molecular flexibility index (Phi) is 7.76. The molecule has 3 nitrogen and oxygen atoms in total. The highest BCUT2D eigenvalue weighted by Gasteiger charge is 2.54. The highest BCUT2D eigenvalue weighted by molar-refractivity contribution is 7.59. The van der Waals surface area contributed by atoms with E-state index in [1.54, 1.807) is 6.07 Å². The van der Waals surface area contributed by atoms with E-state index in [-0.39, 0.29) is 41.7 Å². The lowest BCUT2D eigenvalue weighted by molar-refractivity contribution is 0.00714. The number of hydrogen-bond acceptors (Lipinski definition) is 2. The lowest BCUT2D eigenvalue weighted by atomic mass is 9.63. The monoisotopic (exact) mass is 570 g/mol. The van der Waals surface area contributed by atoms with Gasteiger partial charge in [0.05, 0.1) is 5.54 Å². The molecule has 0 aromatic heterocycles. The second-order valence-corrected chi connectivity index (χ2v) is 13.3. The van der Waals surface area contributed by atoms with Gasteiger partial charge in [0.25, 0.3) is 5.91 Å². The number of halogens is 1. The lowest BCUT2D eigenvalue weighted by Gasteiger charge is -2.56. The van der Waals surface area contributed by atoms with E-state index in [2.05, 4.69) is 87.1 Å². The molecule has 1 aliphatic heterocycles. The third-order valence-corrected chi connectivity index (χ3v) is 10.1. The van der Waals surface area contributed by atoms with Crippen molar-refractivity contribution in [2.24, 2.45) is 0 Å². The van der Waals surface area contributed by atoms with Gasteiger partial charge >= 0.3 is 0 Å². The van der Waals surface area contributed by atoms with E-state index in [0.717, 1.165) is 56.2 Å². The Balaban J connectivity index is 0.00000337. The van der Waals surface area contributed by atoms with Gasteiger partial charge in [-0.2, -0.15) is 13.5 Å². The number of amides is 1. The summed E-state index contributed by atoms with van der Waals surface area (Å²) in [5, 5.41) is 0. The van der Waals surface area contributed by atoms with Gasteiger partial charge in [-0.25, -0.2) is 4.39 Å². The molecule has 2 aliphatic carbocycles. The quantitative estimate of drug-likeness (QED) is 0.320. The van der Waals surface area contributed by atoms with Crippen LogP contribution in [0.5, 0.6) is 0 Å². The zero-order valence-corrected chi connectivity index (χ0v) is 26.1. The minimum atomic E-state index is -0.334. The first-order valence-corrected chi connectivity index (χ1v) is 14.7. The Morgan fingerprint density at radius 3 is 2.22 bits per heavy atom. The fourth-order valence-corrected chi connectivity index (χ4v) is 7.75. The Morgan fingerprint density at radius 2 is 1.59 bits per heavy atom. The number of rotatable bonds is 3. The summed E-state index contributed by atoms with van der Waals surface area (Å²) in [6, 6.07) is 24.2. The number of carbonyl (C=O) groups excluding carboxylic acids is 1. The van der Waals surface area contributed by atoms with Gasteiger partial charge in [-0.3, -0.25) is 9.69 Å². The largest absolute Gasteiger partial charge is 0.329 e. The molecule has 0 unspecified atom stereocenters. The smallest absolute Gasteiger partial charge is 0.254 e. The first kappa shape index (κ1) is 29.6. The van der Waals surface area contributed by atoms with Crippen molar-refractivity contribution in [2.45, 2.75) is 75.8 Å². The van der Waals surface area contributed by atoms with Crippen molar-refractivity contribution in [3.8, 4) is 0 Å². The van der Waals surface area contributed by atoms with Crippen molar-refractivity contribution in [3.05, 3.63) is 112 Å². The Labute approximate surface area is 251 Å². The number of nitrogens with zero attached hydrogens (tertiary/aromatic N) is 2. The van der Waals surface area contributed by atoms with Crippen molar-refractivity contribution in [3.63, 3.8) is 0 Å². The molecular formula is C36H43FN2OS. The normalized spacial score (nSPS) is 23.8. The van der Waals surface area contributed by atoms with E-state index >= 15 is 0 Å². The molecule has 41 heavy (non-hydrogen) atoms. The van der Waals surface area contributed by atoms with Gasteiger partial charge in [-0.15, -0.1) is 0 Å². The predicted molar refractivity (Wildman–Crippen MR) is 171 cm³/mol. The Morgan fingerprint density at radius 1 is 0.902 bits per heavy atom. The van der Waals surface area contributed by atoms with E-state index in [9.17, 15) is 9.18 Å². The molecule has 1 fully saturated rings. The zero-order chi connectivity index (χ0) is 28.3. The molecule has 0 radical (unpaired) electrons. The summed E-state index contributed by atoms with van der Waals surface area (Å²) < 4.78 is 14.4. The fourth-order valence-electron chi connectivity index (χ4n) is 7.75. The van der Waals surface area contributed by atoms with Crippen LogP contribution in [0.2, 0.25) is 0 Å². The van der Waals surface area contributed by atoms with Crippen molar-refractivity contribution < 1.29 is 9.18 Å². The van der Waals surface area contributed by atoms with E-state index in [0.29, 0.717) is 0 Å². The van der Waals surface area contributed by atoms with Crippen LogP contribution >= 0.6 is 13.5 Å². The molecule has 5 heteroatoms. The predicted octanol–water partition coefficient (Wildman–Crippen LogP) is 7.86. The van der Waals surface area contributed by atoms with E-state index in [4.69, 9.17) is 0 Å². The van der Waals surface area contributed by atoms with Gasteiger partial charge in [0, 0.05) is 17.6 Å². The second kappa shape index (κ2) is 10.7. The van der Waals surface area contributed by atoms with Gasteiger partial charge in [0.1, 0.15) is 5.82 Å². The minimum Gasteiger partial charge on any atom is -0.329 e. The fraction of sp³-hybridized carbons (Fsp3) is 0.417. The molecule has 1 spiro atoms. The molecule has 1 amide bonds. The summed E-state index contributed by atoms with van der Waals surface area (Å²) in [6.45, 7) is 7.33. The first-order chi connectivity index (χ1) is 19.0. The molecule has 0 bridgehead atoms. The maximum absolute atomic E-state index is 14.4. The van der Waals surface area contributed by atoms with Crippen LogP contribution < -0.4 is 0 Å². The van der Waals surface area contributed by atoms with E-state index < -0.39 is 0 Å². The number of hydrogen-bond donors (Lipinski definition) is 0. The summed E-state index contributed by atoms with van der Waals surface area (Å²) in [6.07, 6.45) is 5.25. The van der Waals surface area contributed by atoms with Crippen LogP contribution in [0.15, 0.2) is 78.4 Å². The lowest BCUT2D eigenvalue weighted by Crippen LogP contribution is -2.60.